The zero-order chi connectivity index (χ0) is 22.1. The van der Waals surface area contributed by atoms with Gasteiger partial charge in [-0.25, -0.2) is 4.98 Å². The molecule has 1 heterocycles. The third-order valence-corrected chi connectivity index (χ3v) is 6.35. The first-order valence-electron chi connectivity index (χ1n) is 11.4. The SMILES string of the molecule is Cc1cc(C)c(Cn2c([C@H](C)c3ccc(CC(C)C)cc3)nc3ccccc32)c(C)c1. The smallest absolute Gasteiger partial charge is 0.117 e. The van der Waals surface area contributed by atoms with Crippen LogP contribution in [0.25, 0.3) is 11.0 Å². The summed E-state index contributed by atoms with van der Waals surface area (Å²) in [6.07, 6.45) is 1.12. The van der Waals surface area contributed by atoms with Gasteiger partial charge in [0.05, 0.1) is 11.0 Å². The van der Waals surface area contributed by atoms with E-state index < -0.39 is 0 Å². The number of rotatable bonds is 6. The highest BCUT2D eigenvalue weighted by Crippen LogP contribution is 2.30. The maximum Gasteiger partial charge on any atom is 0.117 e. The van der Waals surface area contributed by atoms with E-state index in [0.717, 1.165) is 24.3 Å². The monoisotopic (exact) mass is 410 g/mol. The standard InChI is InChI=1S/C29H34N2/c1-19(2)15-24-11-13-25(14-12-24)23(6)29-30-27-9-7-8-10-28(27)31(29)18-26-21(4)16-20(3)17-22(26)5/h7-14,16-17,19,23H,15,18H2,1-6H3/t23-/m1/s1. The molecular weight excluding hydrogens is 376 g/mol. The summed E-state index contributed by atoms with van der Waals surface area (Å²) in [4.78, 5) is 5.10. The minimum atomic E-state index is 0.228. The molecule has 3 aromatic carbocycles. The highest BCUT2D eigenvalue weighted by Gasteiger charge is 2.19. The van der Waals surface area contributed by atoms with Crippen molar-refractivity contribution < 1.29 is 0 Å². The minimum Gasteiger partial charge on any atom is -0.323 e. The Morgan fingerprint density at radius 3 is 2.13 bits per heavy atom. The van der Waals surface area contributed by atoms with Crippen LogP contribution in [0.15, 0.2) is 60.7 Å². The largest absolute Gasteiger partial charge is 0.323 e. The predicted molar refractivity (Wildman–Crippen MR) is 132 cm³/mol. The third kappa shape index (κ3) is 4.44. The molecule has 31 heavy (non-hydrogen) atoms. The minimum absolute atomic E-state index is 0.228. The molecule has 4 aromatic rings. The van der Waals surface area contributed by atoms with Gasteiger partial charge in [0.1, 0.15) is 5.82 Å². The maximum absolute atomic E-state index is 5.10. The van der Waals surface area contributed by atoms with Crippen LogP contribution in [0.4, 0.5) is 0 Å². The van der Waals surface area contributed by atoms with Gasteiger partial charge in [-0.15, -0.1) is 0 Å². The second-order valence-electron chi connectivity index (χ2n) is 9.48. The Balaban J connectivity index is 1.76. The highest BCUT2D eigenvalue weighted by atomic mass is 15.1. The van der Waals surface area contributed by atoms with E-state index in [0.29, 0.717) is 5.92 Å². The van der Waals surface area contributed by atoms with Crippen LogP contribution in [0, 0.1) is 26.7 Å². The van der Waals surface area contributed by atoms with Crippen LogP contribution in [0.5, 0.6) is 0 Å². The van der Waals surface area contributed by atoms with E-state index in [-0.39, 0.29) is 5.92 Å². The molecule has 1 aromatic heterocycles. The summed E-state index contributed by atoms with van der Waals surface area (Å²) in [5, 5.41) is 0. The zero-order valence-corrected chi connectivity index (χ0v) is 19.7. The van der Waals surface area contributed by atoms with Crippen LogP contribution >= 0.6 is 0 Å². The van der Waals surface area contributed by atoms with Crippen LogP contribution in [-0.4, -0.2) is 9.55 Å². The van der Waals surface area contributed by atoms with Crippen LogP contribution in [0.2, 0.25) is 0 Å². The van der Waals surface area contributed by atoms with Crippen molar-refractivity contribution in [2.45, 2.75) is 60.4 Å². The molecule has 0 amide bonds. The molecule has 0 aliphatic carbocycles. The van der Waals surface area contributed by atoms with Crippen molar-refractivity contribution in [3.8, 4) is 0 Å². The van der Waals surface area contributed by atoms with E-state index in [4.69, 9.17) is 4.98 Å². The van der Waals surface area contributed by atoms with Crippen molar-refractivity contribution >= 4 is 11.0 Å². The second-order valence-corrected chi connectivity index (χ2v) is 9.48. The molecule has 0 bridgehead atoms. The fourth-order valence-corrected chi connectivity index (χ4v) is 4.77. The molecular formula is C29H34N2. The molecule has 0 spiro atoms. The summed E-state index contributed by atoms with van der Waals surface area (Å²) in [5.74, 6) is 2.04. The fourth-order valence-electron chi connectivity index (χ4n) is 4.77. The average molecular weight is 411 g/mol. The summed E-state index contributed by atoms with van der Waals surface area (Å²) in [5.41, 5.74) is 10.4. The quantitative estimate of drug-likeness (QED) is 0.325. The van der Waals surface area contributed by atoms with E-state index in [2.05, 4.69) is 107 Å². The molecule has 0 saturated carbocycles. The summed E-state index contributed by atoms with van der Waals surface area (Å²) < 4.78 is 2.42. The Morgan fingerprint density at radius 2 is 1.48 bits per heavy atom. The van der Waals surface area contributed by atoms with Crippen molar-refractivity contribution in [3.63, 3.8) is 0 Å². The zero-order valence-electron chi connectivity index (χ0n) is 19.7. The molecule has 2 nitrogen and oxygen atoms in total. The average Bonchev–Trinajstić information content (AvgIpc) is 3.08. The van der Waals surface area contributed by atoms with Gasteiger partial charge in [0.2, 0.25) is 0 Å². The molecule has 0 fully saturated rings. The van der Waals surface area contributed by atoms with Gasteiger partial charge in [0, 0.05) is 12.5 Å². The molecule has 0 aliphatic rings. The number of nitrogens with zero attached hydrogens (tertiary/aromatic N) is 2. The summed E-state index contributed by atoms with van der Waals surface area (Å²) in [6, 6.07) is 22.2. The fraction of sp³-hybridized carbons (Fsp3) is 0.345. The number of para-hydroxylation sites is 2. The van der Waals surface area contributed by atoms with Crippen LogP contribution < -0.4 is 0 Å². The third-order valence-electron chi connectivity index (χ3n) is 6.35. The van der Waals surface area contributed by atoms with E-state index >= 15 is 0 Å². The van der Waals surface area contributed by atoms with Crippen LogP contribution in [0.3, 0.4) is 0 Å². The van der Waals surface area contributed by atoms with Crippen molar-refractivity contribution in [2.24, 2.45) is 5.92 Å². The molecule has 1 atom stereocenters. The van der Waals surface area contributed by atoms with Crippen molar-refractivity contribution in [2.75, 3.05) is 0 Å². The first-order valence-corrected chi connectivity index (χ1v) is 11.4. The Bertz CT molecular complexity index is 1170. The summed E-state index contributed by atoms with van der Waals surface area (Å²) >= 11 is 0. The summed E-state index contributed by atoms with van der Waals surface area (Å²) in [6.45, 7) is 14.3. The lowest BCUT2D eigenvalue weighted by atomic mass is 9.96. The lowest BCUT2D eigenvalue weighted by Gasteiger charge is -2.18. The molecule has 0 N–H and O–H groups in total. The van der Waals surface area contributed by atoms with Crippen LogP contribution in [0.1, 0.15) is 65.9 Å². The van der Waals surface area contributed by atoms with Gasteiger partial charge in [0.15, 0.2) is 0 Å². The first-order chi connectivity index (χ1) is 14.8. The van der Waals surface area contributed by atoms with Gasteiger partial charge in [0.25, 0.3) is 0 Å². The van der Waals surface area contributed by atoms with Gasteiger partial charge in [-0.3, -0.25) is 0 Å². The van der Waals surface area contributed by atoms with Gasteiger partial charge in [-0.2, -0.15) is 0 Å². The number of benzene rings is 3. The number of aryl methyl sites for hydroxylation is 3. The lowest BCUT2D eigenvalue weighted by molar-refractivity contribution is 0.646. The summed E-state index contributed by atoms with van der Waals surface area (Å²) in [7, 11) is 0. The second kappa shape index (κ2) is 8.70. The number of fused-ring (bicyclic) bond motifs is 1. The molecule has 2 heteroatoms. The lowest BCUT2D eigenvalue weighted by Crippen LogP contribution is -2.11. The molecule has 160 valence electrons. The van der Waals surface area contributed by atoms with Gasteiger partial charge < -0.3 is 4.57 Å². The van der Waals surface area contributed by atoms with Crippen molar-refractivity contribution in [3.05, 3.63) is 99.9 Å². The Labute approximate surface area is 187 Å². The first kappa shape index (κ1) is 21.4. The highest BCUT2D eigenvalue weighted by molar-refractivity contribution is 5.76. The van der Waals surface area contributed by atoms with Gasteiger partial charge in [-0.05, 0) is 73.1 Å². The number of imidazole rings is 1. The van der Waals surface area contributed by atoms with Gasteiger partial charge >= 0.3 is 0 Å². The Kier molecular flexibility index (Phi) is 6.00. The topological polar surface area (TPSA) is 17.8 Å². The maximum atomic E-state index is 5.10. The molecule has 0 unspecified atom stereocenters. The van der Waals surface area contributed by atoms with Gasteiger partial charge in [-0.1, -0.05) is 74.9 Å². The van der Waals surface area contributed by atoms with Crippen molar-refractivity contribution in [1.29, 1.82) is 0 Å². The number of hydrogen-bond donors (Lipinski definition) is 0. The van der Waals surface area contributed by atoms with E-state index in [9.17, 15) is 0 Å². The van der Waals surface area contributed by atoms with Crippen LogP contribution in [-0.2, 0) is 13.0 Å². The normalized spacial score (nSPS) is 12.6. The number of aromatic nitrogens is 2. The molecule has 0 saturated heterocycles. The Morgan fingerprint density at radius 1 is 0.839 bits per heavy atom. The van der Waals surface area contributed by atoms with E-state index in [1.165, 1.54) is 38.9 Å². The molecule has 0 radical (unpaired) electrons. The van der Waals surface area contributed by atoms with E-state index in [1.807, 2.05) is 0 Å². The molecule has 4 rings (SSSR count). The Hall–Kier alpha value is -2.87. The van der Waals surface area contributed by atoms with E-state index in [1.54, 1.807) is 0 Å². The predicted octanol–water partition coefficient (Wildman–Crippen LogP) is 7.36. The molecule has 0 aliphatic heterocycles. The van der Waals surface area contributed by atoms with Crippen molar-refractivity contribution in [1.82, 2.24) is 9.55 Å². The number of hydrogen-bond acceptors (Lipinski definition) is 1.